The lowest BCUT2D eigenvalue weighted by atomic mass is 10.1. The van der Waals surface area contributed by atoms with Gasteiger partial charge in [-0.3, -0.25) is 15.1 Å². The number of carbonyl (C=O) groups is 1. The fourth-order valence-electron chi connectivity index (χ4n) is 3.01. The molecule has 1 fully saturated rings. The number of nitrogens with zero attached hydrogens (tertiary/aromatic N) is 1. The summed E-state index contributed by atoms with van der Waals surface area (Å²) in [5.41, 5.74) is 3.97. The highest BCUT2D eigenvalue weighted by atomic mass is 16.2. The number of hydrogen-bond donors (Lipinski definition) is 2. The van der Waals surface area contributed by atoms with Crippen LogP contribution in [0.25, 0.3) is 0 Å². The molecular weight excluding hydrogens is 250 g/mol. The lowest BCUT2D eigenvalue weighted by molar-refractivity contribution is 0.0953. The molecule has 0 heterocycles. The summed E-state index contributed by atoms with van der Waals surface area (Å²) in [5, 5.41) is 0. The van der Waals surface area contributed by atoms with E-state index < -0.39 is 0 Å². The third-order valence-electron chi connectivity index (χ3n) is 4.20. The molecule has 0 unspecified atom stereocenters. The van der Waals surface area contributed by atoms with Crippen LogP contribution in [0, 0.1) is 0 Å². The van der Waals surface area contributed by atoms with Crippen LogP contribution in [0.1, 0.15) is 54.4 Å². The van der Waals surface area contributed by atoms with Crippen molar-refractivity contribution in [3.8, 4) is 0 Å². The standard InChI is InChI=1S/C16H25N3O/c1-19(15-9-4-2-3-5-10-15)12-13-7-6-8-14(11-13)16(20)18-17/h6-8,11,15H,2-5,9-10,12,17H2,1H3,(H,18,20). The van der Waals surface area contributed by atoms with Crippen molar-refractivity contribution in [3.63, 3.8) is 0 Å². The van der Waals surface area contributed by atoms with E-state index in [2.05, 4.69) is 23.4 Å². The van der Waals surface area contributed by atoms with Gasteiger partial charge >= 0.3 is 0 Å². The number of benzene rings is 1. The number of amides is 1. The topological polar surface area (TPSA) is 58.4 Å². The summed E-state index contributed by atoms with van der Waals surface area (Å²) in [7, 11) is 2.19. The molecule has 0 bridgehead atoms. The zero-order valence-electron chi connectivity index (χ0n) is 12.3. The molecule has 0 radical (unpaired) electrons. The van der Waals surface area contributed by atoms with Crippen molar-refractivity contribution in [2.75, 3.05) is 7.05 Å². The quantitative estimate of drug-likeness (QED) is 0.384. The third kappa shape index (κ3) is 4.05. The van der Waals surface area contributed by atoms with E-state index in [1.54, 1.807) is 6.07 Å². The highest BCUT2D eigenvalue weighted by Gasteiger charge is 2.17. The maximum atomic E-state index is 11.5. The third-order valence-corrected chi connectivity index (χ3v) is 4.20. The Balaban J connectivity index is 1.99. The maximum absolute atomic E-state index is 11.5. The largest absolute Gasteiger partial charge is 0.299 e. The van der Waals surface area contributed by atoms with Crippen LogP contribution in [0.3, 0.4) is 0 Å². The predicted octanol–water partition coefficient (Wildman–Crippen LogP) is 2.44. The van der Waals surface area contributed by atoms with Crippen LogP contribution in [0.4, 0.5) is 0 Å². The zero-order chi connectivity index (χ0) is 14.4. The Kier molecular flexibility index (Phi) is 5.56. The lowest BCUT2D eigenvalue weighted by Gasteiger charge is -2.27. The van der Waals surface area contributed by atoms with Crippen molar-refractivity contribution in [3.05, 3.63) is 35.4 Å². The van der Waals surface area contributed by atoms with Crippen molar-refractivity contribution < 1.29 is 4.79 Å². The normalized spacial score (nSPS) is 16.9. The van der Waals surface area contributed by atoms with E-state index in [0.29, 0.717) is 11.6 Å². The molecule has 0 atom stereocenters. The van der Waals surface area contributed by atoms with Crippen LogP contribution in [0.2, 0.25) is 0 Å². The van der Waals surface area contributed by atoms with E-state index >= 15 is 0 Å². The number of hydrogen-bond acceptors (Lipinski definition) is 3. The Labute approximate surface area is 121 Å². The van der Waals surface area contributed by atoms with Crippen LogP contribution in [-0.4, -0.2) is 23.9 Å². The molecular formula is C16H25N3O. The molecule has 110 valence electrons. The SMILES string of the molecule is CN(Cc1cccc(C(=O)NN)c1)C1CCCCCC1. The minimum Gasteiger partial charge on any atom is -0.299 e. The van der Waals surface area contributed by atoms with Gasteiger partial charge in [-0.2, -0.15) is 0 Å². The highest BCUT2D eigenvalue weighted by molar-refractivity contribution is 5.93. The van der Waals surface area contributed by atoms with Crippen LogP contribution in [0.15, 0.2) is 24.3 Å². The molecule has 3 N–H and O–H groups in total. The fraction of sp³-hybridized carbons (Fsp3) is 0.562. The average molecular weight is 275 g/mol. The molecule has 1 aromatic carbocycles. The van der Waals surface area contributed by atoms with E-state index in [9.17, 15) is 4.79 Å². The summed E-state index contributed by atoms with van der Waals surface area (Å²) < 4.78 is 0. The first-order valence-corrected chi connectivity index (χ1v) is 7.51. The second-order valence-electron chi connectivity index (χ2n) is 5.73. The van der Waals surface area contributed by atoms with Crippen LogP contribution >= 0.6 is 0 Å². The van der Waals surface area contributed by atoms with Gasteiger partial charge in [0, 0.05) is 18.2 Å². The molecule has 1 aromatic rings. The molecule has 2 rings (SSSR count). The van der Waals surface area contributed by atoms with E-state index in [1.807, 2.05) is 12.1 Å². The number of nitrogen functional groups attached to an aromatic ring is 1. The van der Waals surface area contributed by atoms with Gasteiger partial charge in [-0.05, 0) is 37.6 Å². The molecule has 1 saturated carbocycles. The van der Waals surface area contributed by atoms with Crippen LogP contribution < -0.4 is 11.3 Å². The van der Waals surface area contributed by atoms with Gasteiger partial charge in [0.25, 0.3) is 5.91 Å². The Morgan fingerprint density at radius 2 is 2.00 bits per heavy atom. The first-order chi connectivity index (χ1) is 9.70. The maximum Gasteiger partial charge on any atom is 0.265 e. The summed E-state index contributed by atoms with van der Waals surface area (Å²) in [6.45, 7) is 0.885. The number of hydrazine groups is 1. The van der Waals surface area contributed by atoms with Gasteiger partial charge < -0.3 is 0 Å². The summed E-state index contributed by atoms with van der Waals surface area (Å²) in [6, 6.07) is 8.37. The van der Waals surface area contributed by atoms with E-state index in [0.717, 1.165) is 12.1 Å². The highest BCUT2D eigenvalue weighted by Crippen LogP contribution is 2.22. The van der Waals surface area contributed by atoms with Gasteiger partial charge in [0.2, 0.25) is 0 Å². The monoisotopic (exact) mass is 275 g/mol. The van der Waals surface area contributed by atoms with Crippen molar-refractivity contribution >= 4 is 5.91 Å². The van der Waals surface area contributed by atoms with Crippen molar-refractivity contribution in [1.29, 1.82) is 0 Å². The molecule has 1 aliphatic carbocycles. The first kappa shape index (κ1) is 15.0. The molecule has 20 heavy (non-hydrogen) atoms. The van der Waals surface area contributed by atoms with Gasteiger partial charge in [0.1, 0.15) is 0 Å². The van der Waals surface area contributed by atoms with Gasteiger partial charge in [0.15, 0.2) is 0 Å². The molecule has 0 aromatic heterocycles. The van der Waals surface area contributed by atoms with Crippen LogP contribution in [-0.2, 0) is 6.54 Å². The minimum atomic E-state index is -0.232. The molecule has 4 heteroatoms. The summed E-state index contributed by atoms with van der Waals surface area (Å²) >= 11 is 0. The molecule has 1 amide bonds. The number of rotatable bonds is 4. The second-order valence-corrected chi connectivity index (χ2v) is 5.73. The van der Waals surface area contributed by atoms with E-state index in [4.69, 9.17) is 5.84 Å². The minimum absolute atomic E-state index is 0.232. The number of carbonyl (C=O) groups excluding carboxylic acids is 1. The first-order valence-electron chi connectivity index (χ1n) is 7.51. The Morgan fingerprint density at radius 1 is 1.30 bits per heavy atom. The predicted molar refractivity (Wildman–Crippen MR) is 81.1 cm³/mol. The molecule has 0 spiro atoms. The van der Waals surface area contributed by atoms with Gasteiger partial charge in [-0.15, -0.1) is 0 Å². The average Bonchev–Trinajstić information content (AvgIpc) is 2.76. The Hall–Kier alpha value is -1.39. The molecule has 4 nitrogen and oxygen atoms in total. The summed E-state index contributed by atoms with van der Waals surface area (Å²) in [6.07, 6.45) is 8.00. The molecule has 1 aliphatic rings. The lowest BCUT2D eigenvalue weighted by Crippen LogP contribution is -2.31. The Bertz CT molecular complexity index is 439. The van der Waals surface area contributed by atoms with Gasteiger partial charge in [-0.1, -0.05) is 37.8 Å². The second kappa shape index (κ2) is 7.41. The van der Waals surface area contributed by atoms with Crippen LogP contribution in [0.5, 0.6) is 0 Å². The fourth-order valence-corrected chi connectivity index (χ4v) is 3.01. The smallest absolute Gasteiger partial charge is 0.265 e. The summed E-state index contributed by atoms with van der Waals surface area (Å²) in [5.74, 6) is 4.95. The van der Waals surface area contributed by atoms with Crippen molar-refractivity contribution in [1.82, 2.24) is 10.3 Å². The number of nitrogens with one attached hydrogen (secondary N) is 1. The molecule has 0 saturated heterocycles. The van der Waals surface area contributed by atoms with Gasteiger partial charge in [0.05, 0.1) is 0 Å². The van der Waals surface area contributed by atoms with E-state index in [1.165, 1.54) is 38.5 Å². The van der Waals surface area contributed by atoms with Gasteiger partial charge in [-0.25, -0.2) is 5.84 Å². The van der Waals surface area contributed by atoms with E-state index in [-0.39, 0.29) is 5.91 Å². The Morgan fingerprint density at radius 3 is 2.65 bits per heavy atom. The van der Waals surface area contributed by atoms with Crippen molar-refractivity contribution in [2.24, 2.45) is 5.84 Å². The van der Waals surface area contributed by atoms with Crippen molar-refractivity contribution in [2.45, 2.75) is 51.1 Å². The summed E-state index contributed by atoms with van der Waals surface area (Å²) in [4.78, 5) is 14.0. The molecule has 0 aliphatic heterocycles. The number of nitrogens with two attached hydrogens (primary N) is 1. The zero-order valence-corrected chi connectivity index (χ0v) is 12.3.